The van der Waals surface area contributed by atoms with Crippen LogP contribution in [0.5, 0.6) is 0 Å². The van der Waals surface area contributed by atoms with Crippen LogP contribution in [0, 0.1) is 0 Å². The van der Waals surface area contributed by atoms with Gasteiger partial charge in [0.15, 0.2) is 0 Å². The van der Waals surface area contributed by atoms with Crippen molar-refractivity contribution in [2.45, 2.75) is 6.54 Å². The zero-order valence-corrected chi connectivity index (χ0v) is 16.0. The second-order valence-corrected chi connectivity index (χ2v) is 7.11. The summed E-state index contributed by atoms with van der Waals surface area (Å²) >= 11 is 0. The first-order chi connectivity index (χ1) is 14.4. The number of tetrazole rings is 1. The predicted octanol–water partition coefficient (Wildman–Crippen LogP) is 2.17. The average molecular weight is 386 g/mol. The minimum Gasteiger partial charge on any atom is -0.337 e. The van der Waals surface area contributed by atoms with E-state index in [2.05, 4.69) is 54.7 Å². The van der Waals surface area contributed by atoms with Crippen molar-refractivity contribution in [2.75, 3.05) is 31.1 Å². The van der Waals surface area contributed by atoms with E-state index in [0.717, 1.165) is 50.0 Å². The SMILES string of the molecule is c1ccc(-n2nnnc2N2CCN(Cc3ccc(-n4cccn4)cc3)CC2)cc1. The molecule has 1 saturated heterocycles. The van der Waals surface area contributed by atoms with Crippen LogP contribution in [0.25, 0.3) is 11.4 Å². The first-order valence-electron chi connectivity index (χ1n) is 9.77. The van der Waals surface area contributed by atoms with Crippen molar-refractivity contribution >= 4 is 5.95 Å². The molecule has 1 aliphatic rings. The first-order valence-corrected chi connectivity index (χ1v) is 9.77. The van der Waals surface area contributed by atoms with Gasteiger partial charge in [-0.2, -0.15) is 9.78 Å². The van der Waals surface area contributed by atoms with Crippen LogP contribution in [-0.2, 0) is 6.54 Å². The van der Waals surface area contributed by atoms with Crippen LogP contribution < -0.4 is 4.90 Å². The highest BCUT2D eigenvalue weighted by Gasteiger charge is 2.22. The van der Waals surface area contributed by atoms with E-state index in [4.69, 9.17) is 0 Å². The Bertz CT molecular complexity index is 1030. The van der Waals surface area contributed by atoms with E-state index < -0.39 is 0 Å². The van der Waals surface area contributed by atoms with Gasteiger partial charge < -0.3 is 4.90 Å². The Hall–Kier alpha value is -3.52. The quantitative estimate of drug-likeness (QED) is 0.524. The van der Waals surface area contributed by atoms with Gasteiger partial charge in [-0.3, -0.25) is 4.90 Å². The van der Waals surface area contributed by atoms with Crippen LogP contribution in [0.2, 0.25) is 0 Å². The summed E-state index contributed by atoms with van der Waals surface area (Å²) in [5.41, 5.74) is 3.37. The van der Waals surface area contributed by atoms with Crippen molar-refractivity contribution in [1.82, 2.24) is 34.9 Å². The standard InChI is InChI=1S/C21H22N8/c1-2-5-20(6-3-1)29-21(23-24-25-29)27-15-13-26(14-16-27)17-18-7-9-19(10-8-18)28-12-4-11-22-28/h1-12H,13-17H2. The Morgan fingerprint density at radius 3 is 2.31 bits per heavy atom. The minimum absolute atomic E-state index is 0.805. The van der Waals surface area contributed by atoms with Gasteiger partial charge in [0.25, 0.3) is 0 Å². The fourth-order valence-electron chi connectivity index (χ4n) is 3.66. The van der Waals surface area contributed by atoms with E-state index in [1.165, 1.54) is 5.56 Å². The van der Waals surface area contributed by atoms with Crippen LogP contribution in [0.3, 0.4) is 0 Å². The summed E-state index contributed by atoms with van der Waals surface area (Å²) in [5.74, 6) is 0.805. The maximum Gasteiger partial charge on any atom is 0.250 e. The molecule has 8 nitrogen and oxygen atoms in total. The minimum atomic E-state index is 0.805. The number of para-hydroxylation sites is 1. The molecule has 0 bridgehead atoms. The van der Waals surface area contributed by atoms with E-state index in [1.54, 1.807) is 6.20 Å². The first kappa shape index (κ1) is 17.6. The van der Waals surface area contributed by atoms with E-state index in [0.29, 0.717) is 0 Å². The van der Waals surface area contributed by atoms with Gasteiger partial charge >= 0.3 is 0 Å². The van der Waals surface area contributed by atoms with Gasteiger partial charge in [0.2, 0.25) is 5.95 Å². The van der Waals surface area contributed by atoms with Crippen molar-refractivity contribution in [3.05, 3.63) is 78.6 Å². The highest BCUT2D eigenvalue weighted by Crippen LogP contribution is 2.18. The van der Waals surface area contributed by atoms with E-state index >= 15 is 0 Å². The average Bonchev–Trinajstić information content (AvgIpc) is 3.48. The molecule has 0 radical (unpaired) electrons. The number of aromatic nitrogens is 6. The second-order valence-electron chi connectivity index (χ2n) is 7.11. The van der Waals surface area contributed by atoms with E-state index in [1.807, 2.05) is 52.0 Å². The molecule has 4 aromatic rings. The number of rotatable bonds is 5. The van der Waals surface area contributed by atoms with Crippen LogP contribution in [0.4, 0.5) is 5.95 Å². The monoisotopic (exact) mass is 386 g/mol. The lowest BCUT2D eigenvalue weighted by Gasteiger charge is -2.34. The van der Waals surface area contributed by atoms with Crippen LogP contribution >= 0.6 is 0 Å². The third-order valence-corrected chi connectivity index (χ3v) is 5.22. The summed E-state index contributed by atoms with van der Waals surface area (Å²) in [7, 11) is 0. The van der Waals surface area contributed by atoms with Crippen molar-refractivity contribution in [3.63, 3.8) is 0 Å². The molecule has 1 aliphatic heterocycles. The molecule has 0 amide bonds. The molecule has 0 atom stereocenters. The number of benzene rings is 2. The Morgan fingerprint density at radius 2 is 1.59 bits per heavy atom. The van der Waals surface area contributed by atoms with E-state index in [9.17, 15) is 0 Å². The van der Waals surface area contributed by atoms with Gasteiger partial charge in [-0.15, -0.1) is 0 Å². The summed E-state index contributed by atoms with van der Waals surface area (Å²) < 4.78 is 3.68. The summed E-state index contributed by atoms with van der Waals surface area (Å²) in [5, 5.41) is 16.6. The molecule has 29 heavy (non-hydrogen) atoms. The largest absolute Gasteiger partial charge is 0.337 e. The molecule has 0 unspecified atom stereocenters. The fourth-order valence-corrected chi connectivity index (χ4v) is 3.66. The van der Waals surface area contributed by atoms with Crippen molar-refractivity contribution in [2.24, 2.45) is 0 Å². The lowest BCUT2D eigenvalue weighted by Crippen LogP contribution is -2.46. The van der Waals surface area contributed by atoms with Gasteiger partial charge in [0.1, 0.15) is 0 Å². The molecule has 2 aromatic heterocycles. The van der Waals surface area contributed by atoms with Gasteiger partial charge in [-0.1, -0.05) is 35.4 Å². The third kappa shape index (κ3) is 3.74. The van der Waals surface area contributed by atoms with Crippen molar-refractivity contribution in [1.29, 1.82) is 0 Å². The number of piperazine rings is 1. The molecule has 0 spiro atoms. The normalized spacial score (nSPS) is 15.0. The number of hydrogen-bond donors (Lipinski definition) is 0. The molecular formula is C21H22N8. The molecule has 2 aromatic carbocycles. The van der Waals surface area contributed by atoms with Crippen LogP contribution in [0.1, 0.15) is 5.56 Å². The maximum atomic E-state index is 4.28. The fraction of sp³-hybridized carbons (Fsp3) is 0.238. The van der Waals surface area contributed by atoms with Gasteiger partial charge in [-0.05, 0) is 46.3 Å². The Morgan fingerprint density at radius 1 is 0.793 bits per heavy atom. The van der Waals surface area contributed by atoms with Crippen LogP contribution in [0.15, 0.2) is 73.1 Å². The highest BCUT2D eigenvalue weighted by molar-refractivity contribution is 5.41. The molecule has 0 saturated carbocycles. The Labute approximate surface area is 169 Å². The van der Waals surface area contributed by atoms with E-state index in [-0.39, 0.29) is 0 Å². The van der Waals surface area contributed by atoms with Crippen LogP contribution in [-0.4, -0.2) is 61.1 Å². The van der Waals surface area contributed by atoms with Gasteiger partial charge in [-0.25, -0.2) is 4.68 Å². The molecule has 146 valence electrons. The van der Waals surface area contributed by atoms with Gasteiger partial charge in [0.05, 0.1) is 11.4 Å². The Balaban J connectivity index is 1.21. The number of nitrogens with zero attached hydrogens (tertiary/aromatic N) is 8. The summed E-state index contributed by atoms with van der Waals surface area (Å²) in [6, 6.07) is 20.5. The predicted molar refractivity (Wildman–Crippen MR) is 110 cm³/mol. The molecule has 5 rings (SSSR count). The highest BCUT2D eigenvalue weighted by atomic mass is 15.6. The maximum absolute atomic E-state index is 4.28. The zero-order chi connectivity index (χ0) is 19.5. The Kier molecular flexibility index (Phi) is 4.75. The molecule has 3 heterocycles. The summed E-state index contributed by atoms with van der Waals surface area (Å²) in [6.07, 6.45) is 3.75. The smallest absolute Gasteiger partial charge is 0.250 e. The molecule has 0 N–H and O–H groups in total. The second kappa shape index (κ2) is 7.84. The molecular weight excluding hydrogens is 364 g/mol. The zero-order valence-electron chi connectivity index (χ0n) is 16.0. The molecule has 0 aliphatic carbocycles. The van der Waals surface area contributed by atoms with Crippen molar-refractivity contribution in [3.8, 4) is 11.4 Å². The summed E-state index contributed by atoms with van der Waals surface area (Å²) in [6.45, 7) is 4.69. The topological polar surface area (TPSA) is 67.9 Å². The number of anilines is 1. The molecule has 8 heteroatoms. The summed E-state index contributed by atoms with van der Waals surface area (Å²) in [4.78, 5) is 4.72. The third-order valence-electron chi connectivity index (χ3n) is 5.22. The lowest BCUT2D eigenvalue weighted by atomic mass is 10.2. The number of hydrogen-bond acceptors (Lipinski definition) is 6. The lowest BCUT2D eigenvalue weighted by molar-refractivity contribution is 0.248. The van der Waals surface area contributed by atoms with Gasteiger partial charge in [0, 0.05) is 45.1 Å². The van der Waals surface area contributed by atoms with Crippen molar-refractivity contribution < 1.29 is 0 Å². The molecule has 1 fully saturated rings.